The predicted octanol–water partition coefficient (Wildman–Crippen LogP) is 2.45. The highest BCUT2D eigenvalue weighted by molar-refractivity contribution is 7.15. The second-order valence-corrected chi connectivity index (χ2v) is 8.79. The molecule has 2 aromatic rings. The van der Waals surface area contributed by atoms with Gasteiger partial charge in [0.15, 0.2) is 5.13 Å². The van der Waals surface area contributed by atoms with Gasteiger partial charge < -0.3 is 16.4 Å². The van der Waals surface area contributed by atoms with Crippen LogP contribution < -0.4 is 16.4 Å². The van der Waals surface area contributed by atoms with E-state index in [9.17, 15) is 9.59 Å². The number of carbonyl (C=O) groups is 2. The normalized spacial score (nSPS) is 13.3. The lowest BCUT2D eigenvalue weighted by atomic mass is 10.0. The van der Waals surface area contributed by atoms with Gasteiger partial charge in [0.2, 0.25) is 11.8 Å². The lowest BCUT2D eigenvalue weighted by molar-refractivity contribution is -0.131. The summed E-state index contributed by atoms with van der Waals surface area (Å²) in [7, 11) is 1.89. The number of benzene rings is 1. The van der Waals surface area contributed by atoms with Crippen LogP contribution in [-0.4, -0.2) is 46.9 Å². The summed E-state index contributed by atoms with van der Waals surface area (Å²) in [6.07, 6.45) is 1.99. The summed E-state index contributed by atoms with van der Waals surface area (Å²) in [6.45, 7) is 6.17. The molecule has 0 saturated heterocycles. The number of nitrogens with zero attached hydrogens (tertiary/aromatic N) is 2. The molecule has 0 aliphatic carbocycles. The summed E-state index contributed by atoms with van der Waals surface area (Å²) in [5.41, 5.74) is 6.54. The van der Waals surface area contributed by atoms with Crippen LogP contribution in [0.25, 0.3) is 0 Å². The van der Waals surface area contributed by atoms with Crippen LogP contribution in [-0.2, 0) is 22.6 Å². The number of carbonyl (C=O) groups excluding carboxylic acids is 2. The lowest BCUT2D eigenvalue weighted by Gasteiger charge is -2.29. The van der Waals surface area contributed by atoms with Crippen molar-refractivity contribution in [3.05, 3.63) is 45.9 Å². The molecule has 9 heteroatoms. The minimum Gasteiger partial charge on any atom is -0.375 e. The summed E-state index contributed by atoms with van der Waals surface area (Å²) < 4.78 is 0. The van der Waals surface area contributed by atoms with Gasteiger partial charge in [-0.15, -0.1) is 11.3 Å². The molecule has 0 bridgehead atoms. The standard InChI is InChI=1S/C20H28ClN5O2S/c1-12(2)26(4)13(3)18(27)25-17(9-14-5-7-15(21)8-6-14)19(28)23-10-16-11-24-20(22)29-16/h5-8,11-13,17H,9-10H2,1-4H3,(H2,22,24)(H,23,28)(H,25,27)/t13?,17-/m0/s1. The molecule has 0 spiro atoms. The van der Waals surface area contributed by atoms with E-state index in [1.54, 1.807) is 18.3 Å². The van der Waals surface area contributed by atoms with Crippen LogP contribution in [0.1, 0.15) is 31.2 Å². The minimum atomic E-state index is -0.711. The third-order valence-electron chi connectivity index (χ3n) is 4.80. The number of thiazole rings is 1. The molecule has 158 valence electrons. The number of nitrogens with two attached hydrogens (primary N) is 1. The third kappa shape index (κ3) is 6.99. The molecular formula is C20H28ClN5O2S. The van der Waals surface area contributed by atoms with Crippen LogP contribution >= 0.6 is 22.9 Å². The van der Waals surface area contributed by atoms with E-state index in [2.05, 4.69) is 15.6 Å². The molecule has 1 unspecified atom stereocenters. The van der Waals surface area contributed by atoms with Crippen LogP contribution in [0.5, 0.6) is 0 Å². The highest BCUT2D eigenvalue weighted by Gasteiger charge is 2.26. The SMILES string of the molecule is CC(C)N(C)C(C)C(=O)N[C@@H](Cc1ccc(Cl)cc1)C(=O)NCc1cnc(N)s1. The maximum absolute atomic E-state index is 12.8. The molecule has 0 aliphatic rings. The van der Waals surface area contributed by atoms with Gasteiger partial charge in [-0.05, 0) is 45.5 Å². The highest BCUT2D eigenvalue weighted by Crippen LogP contribution is 2.15. The van der Waals surface area contributed by atoms with Crippen molar-refractivity contribution in [1.29, 1.82) is 0 Å². The van der Waals surface area contributed by atoms with Crippen molar-refractivity contribution in [2.75, 3.05) is 12.8 Å². The number of likely N-dealkylation sites (N-methyl/N-ethyl adjacent to an activating group) is 1. The Bertz CT molecular complexity index is 825. The first-order valence-corrected chi connectivity index (χ1v) is 10.6. The Kier molecular flexibility index (Phi) is 8.43. The maximum Gasteiger partial charge on any atom is 0.243 e. The number of rotatable bonds is 9. The number of nitrogens with one attached hydrogen (secondary N) is 2. The molecular weight excluding hydrogens is 410 g/mol. The summed E-state index contributed by atoms with van der Waals surface area (Å²) in [4.78, 5) is 32.4. The van der Waals surface area contributed by atoms with Gasteiger partial charge in [0.05, 0.1) is 12.6 Å². The number of aromatic nitrogens is 1. The molecule has 2 atom stereocenters. The molecule has 1 aromatic carbocycles. The van der Waals surface area contributed by atoms with E-state index in [1.165, 1.54) is 11.3 Å². The predicted molar refractivity (Wildman–Crippen MR) is 118 cm³/mol. The summed E-state index contributed by atoms with van der Waals surface area (Å²) >= 11 is 7.27. The Labute approximate surface area is 180 Å². The van der Waals surface area contributed by atoms with E-state index in [0.717, 1.165) is 10.4 Å². The number of hydrogen-bond acceptors (Lipinski definition) is 6. The monoisotopic (exact) mass is 437 g/mol. The van der Waals surface area contributed by atoms with Crippen LogP contribution in [0.15, 0.2) is 30.5 Å². The summed E-state index contributed by atoms with van der Waals surface area (Å²) in [5, 5.41) is 6.83. The first-order valence-electron chi connectivity index (χ1n) is 9.42. The topological polar surface area (TPSA) is 100 Å². The molecule has 2 rings (SSSR count). The second kappa shape index (κ2) is 10.6. The number of hydrogen-bond donors (Lipinski definition) is 3. The zero-order chi connectivity index (χ0) is 21.6. The van der Waals surface area contributed by atoms with Crippen molar-refractivity contribution in [3.63, 3.8) is 0 Å². The van der Waals surface area contributed by atoms with Crippen LogP contribution in [0.4, 0.5) is 5.13 Å². The summed E-state index contributed by atoms with van der Waals surface area (Å²) in [6, 6.07) is 6.36. The van der Waals surface area contributed by atoms with Gasteiger partial charge >= 0.3 is 0 Å². The Balaban J connectivity index is 2.09. The first kappa shape index (κ1) is 23.1. The molecule has 2 amide bonds. The molecule has 0 radical (unpaired) electrons. The van der Waals surface area contributed by atoms with E-state index in [4.69, 9.17) is 17.3 Å². The quantitative estimate of drug-likeness (QED) is 0.559. The van der Waals surface area contributed by atoms with Gasteiger partial charge in [-0.25, -0.2) is 4.98 Å². The number of nitrogen functional groups attached to an aromatic ring is 1. The summed E-state index contributed by atoms with van der Waals surface area (Å²) in [5.74, 6) is -0.461. The Morgan fingerprint density at radius 3 is 2.41 bits per heavy atom. The Hall–Kier alpha value is -2.16. The van der Waals surface area contributed by atoms with E-state index in [0.29, 0.717) is 23.1 Å². The second-order valence-electron chi connectivity index (χ2n) is 7.21. The van der Waals surface area contributed by atoms with Crippen molar-refractivity contribution in [2.24, 2.45) is 0 Å². The molecule has 7 nitrogen and oxygen atoms in total. The van der Waals surface area contributed by atoms with Crippen molar-refractivity contribution < 1.29 is 9.59 Å². The molecule has 4 N–H and O–H groups in total. The first-order chi connectivity index (χ1) is 13.7. The maximum atomic E-state index is 12.8. The van der Waals surface area contributed by atoms with Gasteiger partial charge in [-0.2, -0.15) is 0 Å². The van der Waals surface area contributed by atoms with Crippen LogP contribution in [0, 0.1) is 0 Å². The fourth-order valence-electron chi connectivity index (χ4n) is 2.69. The number of halogens is 1. The molecule has 0 fully saturated rings. The average molecular weight is 438 g/mol. The third-order valence-corrected chi connectivity index (χ3v) is 5.88. The molecule has 29 heavy (non-hydrogen) atoms. The van der Waals surface area contributed by atoms with Crippen molar-refractivity contribution >= 4 is 39.9 Å². The van der Waals surface area contributed by atoms with E-state index >= 15 is 0 Å². The molecule has 1 heterocycles. The largest absolute Gasteiger partial charge is 0.375 e. The van der Waals surface area contributed by atoms with Crippen molar-refractivity contribution in [2.45, 2.75) is 51.9 Å². The van der Waals surface area contributed by atoms with Crippen molar-refractivity contribution in [1.82, 2.24) is 20.5 Å². The Morgan fingerprint density at radius 2 is 1.86 bits per heavy atom. The van der Waals surface area contributed by atoms with Crippen LogP contribution in [0.3, 0.4) is 0 Å². The zero-order valence-corrected chi connectivity index (χ0v) is 18.7. The van der Waals surface area contributed by atoms with Gasteiger partial charge in [0.25, 0.3) is 0 Å². The number of anilines is 1. The van der Waals surface area contributed by atoms with Crippen molar-refractivity contribution in [3.8, 4) is 0 Å². The van der Waals surface area contributed by atoms with Gasteiger partial charge in [0.1, 0.15) is 6.04 Å². The highest BCUT2D eigenvalue weighted by atomic mass is 35.5. The van der Waals surface area contributed by atoms with E-state index < -0.39 is 6.04 Å². The molecule has 0 aliphatic heterocycles. The van der Waals surface area contributed by atoms with Gasteiger partial charge in [0, 0.05) is 28.6 Å². The van der Waals surface area contributed by atoms with E-state index in [-0.39, 0.29) is 23.9 Å². The number of amides is 2. The Morgan fingerprint density at radius 1 is 1.21 bits per heavy atom. The minimum absolute atomic E-state index is 0.197. The smallest absolute Gasteiger partial charge is 0.243 e. The molecule has 0 saturated carbocycles. The fourth-order valence-corrected chi connectivity index (χ4v) is 3.44. The zero-order valence-electron chi connectivity index (χ0n) is 17.1. The van der Waals surface area contributed by atoms with Gasteiger partial charge in [-0.3, -0.25) is 14.5 Å². The van der Waals surface area contributed by atoms with Gasteiger partial charge in [-0.1, -0.05) is 23.7 Å². The lowest BCUT2D eigenvalue weighted by Crippen LogP contribution is -2.53. The average Bonchev–Trinajstić information content (AvgIpc) is 3.11. The van der Waals surface area contributed by atoms with E-state index in [1.807, 2.05) is 44.9 Å². The van der Waals surface area contributed by atoms with Crippen LogP contribution in [0.2, 0.25) is 5.02 Å². The fraction of sp³-hybridized carbons (Fsp3) is 0.450. The molecule has 1 aromatic heterocycles.